The summed E-state index contributed by atoms with van der Waals surface area (Å²) in [5.41, 5.74) is 0. The van der Waals surface area contributed by atoms with Crippen LogP contribution in [-0.4, -0.2) is 0 Å². The van der Waals surface area contributed by atoms with Gasteiger partial charge in [0.05, 0.1) is 0 Å². The second-order valence-corrected chi connectivity index (χ2v) is 0. The van der Waals surface area contributed by atoms with Gasteiger partial charge in [0, 0.05) is 0 Å². The van der Waals surface area contributed by atoms with E-state index < -0.39 is 0 Å². The monoisotopic (exact) mass is 610 g/mol. The summed E-state index contributed by atoms with van der Waals surface area (Å²) in [4.78, 5) is 0. The first kappa shape index (κ1) is 38.7. The van der Waals surface area contributed by atoms with Crippen LogP contribution in [0, 0.1) is 0 Å². The van der Waals surface area contributed by atoms with Crippen molar-refractivity contribution in [3.8, 4) is 0 Å². The fraction of sp³-hybridized carbons (Fsp3) is 0. The predicted molar refractivity (Wildman–Crippen MR) is 0 cm³/mol. The van der Waals surface area contributed by atoms with Crippen molar-refractivity contribution in [2.75, 3.05) is 0 Å². The Labute approximate surface area is 113 Å². The summed E-state index contributed by atoms with van der Waals surface area (Å²) >= 11 is 0. The van der Waals surface area contributed by atoms with Crippen LogP contribution in [0.3, 0.4) is 0 Å². The molecule has 0 radical (unpaired) electrons. The maximum absolute atomic E-state index is 0. The molecule has 0 N–H and O–H groups in total. The fourth-order valence-electron chi connectivity index (χ4n) is 0. The summed E-state index contributed by atoms with van der Waals surface area (Å²) in [7, 11) is 0. The molecule has 0 fully saturated rings. The Morgan fingerprint density at radius 1 is 0.400 bits per heavy atom. The molecule has 0 unspecified atom stereocenters. The van der Waals surface area contributed by atoms with Crippen LogP contribution < -0.4 is 95.9 Å². The largest absolute Gasteiger partial charge is 4.00 e. The van der Waals surface area contributed by atoms with E-state index in [1.165, 1.54) is 0 Å². The maximum atomic E-state index is 0. The first-order valence-electron chi connectivity index (χ1n) is 0. The minimum Gasteiger partial charge on any atom is -1.00 e. The predicted octanol–water partition coefficient (Wildman–Crippen LogP) is -12.0. The van der Waals surface area contributed by atoms with Crippen LogP contribution in [-0.2, 0) is 19.5 Å². The Bertz CT molecular complexity index is 3.61. The summed E-state index contributed by atoms with van der Waals surface area (Å²) in [6.45, 7) is 0. The first-order valence-corrected chi connectivity index (χ1v) is 0. The minimum atomic E-state index is 0. The van der Waals surface area contributed by atoms with Crippen LogP contribution in [0.25, 0.3) is 0 Å². The molecular formula is I4Ru. The van der Waals surface area contributed by atoms with E-state index in [1.54, 1.807) is 0 Å². The van der Waals surface area contributed by atoms with E-state index in [0.29, 0.717) is 0 Å². The molecule has 0 saturated heterocycles. The Morgan fingerprint density at radius 3 is 0.400 bits per heavy atom. The Morgan fingerprint density at radius 2 is 0.400 bits per heavy atom. The standard InChI is InChI=1S/4HI.Ru/h4*1H;/q;;;;+4/p-4. The van der Waals surface area contributed by atoms with Gasteiger partial charge < -0.3 is 95.9 Å². The zero-order chi connectivity index (χ0) is 0. The number of rotatable bonds is 0. The third kappa shape index (κ3) is 18.5. The quantitative estimate of drug-likeness (QED) is 0.190. The van der Waals surface area contributed by atoms with Gasteiger partial charge in [-0.05, 0) is 0 Å². The van der Waals surface area contributed by atoms with Crippen LogP contribution in [0.2, 0.25) is 0 Å². The molecule has 0 aromatic carbocycles. The van der Waals surface area contributed by atoms with E-state index in [4.69, 9.17) is 0 Å². The van der Waals surface area contributed by atoms with Gasteiger partial charge in [-0.2, -0.15) is 0 Å². The zero-order valence-electron chi connectivity index (χ0n) is 1.87. The summed E-state index contributed by atoms with van der Waals surface area (Å²) < 4.78 is 0. The van der Waals surface area contributed by atoms with Crippen molar-refractivity contribution in [2.45, 2.75) is 0 Å². The van der Waals surface area contributed by atoms with Crippen molar-refractivity contribution < 1.29 is 115 Å². The zero-order valence-corrected chi connectivity index (χ0v) is 12.2. The molecule has 0 bridgehead atoms. The van der Waals surface area contributed by atoms with Gasteiger partial charge in [-0.15, -0.1) is 0 Å². The summed E-state index contributed by atoms with van der Waals surface area (Å²) in [6, 6.07) is 0. The minimum absolute atomic E-state index is 0. The van der Waals surface area contributed by atoms with E-state index in [0.717, 1.165) is 0 Å². The second kappa shape index (κ2) is 25.7. The normalized spacial score (nSPS) is 0. The van der Waals surface area contributed by atoms with Crippen molar-refractivity contribution in [1.82, 2.24) is 0 Å². The molecule has 0 saturated carbocycles. The molecule has 0 spiro atoms. The van der Waals surface area contributed by atoms with Gasteiger partial charge in [0.15, 0.2) is 0 Å². The first-order chi connectivity index (χ1) is 0. The molecule has 0 aromatic heterocycles. The van der Waals surface area contributed by atoms with Crippen LogP contribution in [0.15, 0.2) is 0 Å². The Balaban J connectivity index is 0. The molecule has 0 rings (SSSR count). The fourth-order valence-corrected chi connectivity index (χ4v) is 0. The molecule has 36 valence electrons. The molecule has 0 atom stereocenters. The van der Waals surface area contributed by atoms with E-state index in [-0.39, 0.29) is 115 Å². The van der Waals surface area contributed by atoms with Gasteiger partial charge in [0.1, 0.15) is 0 Å². The van der Waals surface area contributed by atoms with Crippen molar-refractivity contribution in [3.63, 3.8) is 0 Å². The van der Waals surface area contributed by atoms with Crippen LogP contribution >= 0.6 is 0 Å². The van der Waals surface area contributed by atoms with E-state index in [9.17, 15) is 0 Å². The maximum Gasteiger partial charge on any atom is 4.00 e. The van der Waals surface area contributed by atoms with Crippen molar-refractivity contribution in [1.29, 1.82) is 0 Å². The average Bonchev–Trinajstić information content (AvgIpc) is 0. The summed E-state index contributed by atoms with van der Waals surface area (Å²) in [5.74, 6) is 0. The van der Waals surface area contributed by atoms with Gasteiger partial charge in [0.2, 0.25) is 0 Å². The van der Waals surface area contributed by atoms with E-state index in [1.807, 2.05) is 0 Å². The van der Waals surface area contributed by atoms with Gasteiger partial charge >= 0.3 is 19.5 Å². The SMILES string of the molecule is [I-].[I-].[I-].[I-].[Ru+4]. The number of hydrogen-bond donors (Lipinski definition) is 0. The summed E-state index contributed by atoms with van der Waals surface area (Å²) in [5, 5.41) is 0. The molecule has 0 aromatic rings. The van der Waals surface area contributed by atoms with Gasteiger partial charge in [0.25, 0.3) is 0 Å². The van der Waals surface area contributed by atoms with E-state index in [2.05, 4.69) is 0 Å². The summed E-state index contributed by atoms with van der Waals surface area (Å²) in [6.07, 6.45) is 0. The van der Waals surface area contributed by atoms with Crippen molar-refractivity contribution in [3.05, 3.63) is 0 Å². The van der Waals surface area contributed by atoms with Crippen molar-refractivity contribution in [2.24, 2.45) is 0 Å². The third-order valence-corrected chi connectivity index (χ3v) is 0. The van der Waals surface area contributed by atoms with Crippen LogP contribution in [0.4, 0.5) is 0 Å². The Hall–Kier alpha value is 3.54. The molecule has 0 aliphatic rings. The molecule has 0 nitrogen and oxygen atoms in total. The second-order valence-electron chi connectivity index (χ2n) is 0. The smallest absolute Gasteiger partial charge is 1.00 e. The van der Waals surface area contributed by atoms with Crippen LogP contribution in [0.5, 0.6) is 0 Å². The Kier molecular flexibility index (Phi) is 199. The molecular weight excluding hydrogens is 609 g/mol. The molecule has 5 heteroatoms. The van der Waals surface area contributed by atoms with Gasteiger partial charge in [-0.3, -0.25) is 0 Å². The molecule has 5 heavy (non-hydrogen) atoms. The average molecular weight is 609 g/mol. The van der Waals surface area contributed by atoms with Gasteiger partial charge in [-0.25, -0.2) is 0 Å². The molecule has 0 heterocycles. The molecule has 0 amide bonds. The topological polar surface area (TPSA) is 0 Å². The van der Waals surface area contributed by atoms with E-state index >= 15 is 0 Å². The molecule has 0 aliphatic carbocycles. The number of halogens is 4. The van der Waals surface area contributed by atoms with Crippen LogP contribution in [0.1, 0.15) is 0 Å². The third-order valence-electron chi connectivity index (χ3n) is 0. The van der Waals surface area contributed by atoms with Gasteiger partial charge in [-0.1, -0.05) is 0 Å². The van der Waals surface area contributed by atoms with Crippen molar-refractivity contribution >= 4 is 0 Å². The number of hydrogen-bond acceptors (Lipinski definition) is 0. The molecule has 0 aliphatic heterocycles.